The van der Waals surface area contributed by atoms with E-state index in [1.165, 1.54) is 0 Å². The van der Waals surface area contributed by atoms with Crippen molar-refractivity contribution in [3.05, 3.63) is 18.0 Å². The van der Waals surface area contributed by atoms with Gasteiger partial charge in [-0.2, -0.15) is 0 Å². The van der Waals surface area contributed by atoms with Crippen LogP contribution in [0.3, 0.4) is 0 Å². The molecular formula is C15H24N4O2. The summed E-state index contributed by atoms with van der Waals surface area (Å²) in [6.07, 6.45) is 4.14. The van der Waals surface area contributed by atoms with Gasteiger partial charge in [-0.1, -0.05) is 0 Å². The van der Waals surface area contributed by atoms with Crippen LogP contribution >= 0.6 is 0 Å². The number of ether oxygens (including phenoxy) is 1. The standard InChI is InChI=1S/C15H24N4O2/c20-12-13-2-1-5-18(10-13)11-14-3-4-16-15(17-14)19-6-8-21-9-7-19/h3-4,13,20H,1-2,5-12H2. The topological polar surface area (TPSA) is 61.7 Å². The van der Waals surface area contributed by atoms with Crippen molar-refractivity contribution in [3.63, 3.8) is 0 Å². The van der Waals surface area contributed by atoms with Gasteiger partial charge in [0.2, 0.25) is 5.95 Å². The molecule has 1 N–H and O–H groups in total. The van der Waals surface area contributed by atoms with Gasteiger partial charge in [0.15, 0.2) is 0 Å². The van der Waals surface area contributed by atoms with E-state index in [-0.39, 0.29) is 0 Å². The van der Waals surface area contributed by atoms with E-state index in [4.69, 9.17) is 9.72 Å². The molecule has 6 heteroatoms. The van der Waals surface area contributed by atoms with E-state index >= 15 is 0 Å². The number of aromatic nitrogens is 2. The SMILES string of the molecule is OCC1CCCN(Cc2ccnc(N3CCOCC3)n2)C1. The zero-order valence-corrected chi connectivity index (χ0v) is 12.4. The Morgan fingerprint density at radius 2 is 2.14 bits per heavy atom. The number of hydrogen-bond acceptors (Lipinski definition) is 6. The maximum atomic E-state index is 9.32. The third-order valence-corrected chi connectivity index (χ3v) is 4.24. The van der Waals surface area contributed by atoms with Crippen LogP contribution in [0.5, 0.6) is 0 Å². The summed E-state index contributed by atoms with van der Waals surface area (Å²) >= 11 is 0. The second kappa shape index (κ2) is 7.15. The minimum Gasteiger partial charge on any atom is -0.396 e. The van der Waals surface area contributed by atoms with Crippen LogP contribution in [-0.2, 0) is 11.3 Å². The largest absolute Gasteiger partial charge is 0.396 e. The lowest BCUT2D eigenvalue weighted by Gasteiger charge is -2.32. The summed E-state index contributed by atoms with van der Waals surface area (Å²) in [5, 5.41) is 9.32. The van der Waals surface area contributed by atoms with Gasteiger partial charge in [-0.25, -0.2) is 9.97 Å². The van der Waals surface area contributed by atoms with Crippen LogP contribution in [0.4, 0.5) is 5.95 Å². The van der Waals surface area contributed by atoms with Gasteiger partial charge in [0, 0.05) is 39.0 Å². The number of morpholine rings is 1. The van der Waals surface area contributed by atoms with Crippen molar-refractivity contribution < 1.29 is 9.84 Å². The molecule has 1 aromatic rings. The van der Waals surface area contributed by atoms with Crippen LogP contribution in [0.2, 0.25) is 0 Å². The molecular weight excluding hydrogens is 268 g/mol. The molecule has 1 aromatic heterocycles. The number of nitrogens with zero attached hydrogens (tertiary/aromatic N) is 4. The predicted molar refractivity (Wildman–Crippen MR) is 80.2 cm³/mol. The van der Waals surface area contributed by atoms with Gasteiger partial charge < -0.3 is 14.7 Å². The molecule has 0 amide bonds. The maximum absolute atomic E-state index is 9.32. The molecule has 2 saturated heterocycles. The summed E-state index contributed by atoms with van der Waals surface area (Å²) < 4.78 is 5.37. The second-order valence-electron chi connectivity index (χ2n) is 5.87. The average Bonchev–Trinajstić information content (AvgIpc) is 2.56. The molecule has 0 radical (unpaired) electrons. The molecule has 21 heavy (non-hydrogen) atoms. The Hall–Kier alpha value is -1.24. The highest BCUT2D eigenvalue weighted by Gasteiger charge is 2.20. The van der Waals surface area contributed by atoms with Crippen LogP contribution in [0.15, 0.2) is 12.3 Å². The fourth-order valence-corrected chi connectivity index (χ4v) is 3.06. The van der Waals surface area contributed by atoms with Crippen molar-refractivity contribution >= 4 is 5.95 Å². The molecule has 2 aliphatic heterocycles. The normalized spacial score (nSPS) is 24.2. The van der Waals surface area contributed by atoms with Gasteiger partial charge in [0.05, 0.1) is 18.9 Å². The summed E-state index contributed by atoms with van der Waals surface area (Å²) in [7, 11) is 0. The Labute approximate surface area is 125 Å². The number of anilines is 1. The number of rotatable bonds is 4. The van der Waals surface area contributed by atoms with Crippen molar-refractivity contribution in [2.24, 2.45) is 5.92 Å². The predicted octanol–water partition coefficient (Wildman–Crippen LogP) is 0.517. The first kappa shape index (κ1) is 14.7. The molecule has 0 aliphatic carbocycles. The fraction of sp³-hybridized carbons (Fsp3) is 0.733. The van der Waals surface area contributed by atoms with Crippen LogP contribution in [0.1, 0.15) is 18.5 Å². The molecule has 2 fully saturated rings. The first-order valence-corrected chi connectivity index (χ1v) is 7.83. The highest BCUT2D eigenvalue weighted by atomic mass is 16.5. The Balaban J connectivity index is 1.62. The minimum absolute atomic E-state index is 0.291. The zero-order chi connectivity index (χ0) is 14.5. The third-order valence-electron chi connectivity index (χ3n) is 4.24. The number of aliphatic hydroxyl groups excluding tert-OH is 1. The number of hydrogen-bond donors (Lipinski definition) is 1. The van der Waals surface area contributed by atoms with E-state index in [1.807, 2.05) is 12.3 Å². The Bertz CT molecular complexity index is 451. The monoisotopic (exact) mass is 292 g/mol. The highest BCUT2D eigenvalue weighted by Crippen LogP contribution is 2.18. The zero-order valence-electron chi connectivity index (χ0n) is 12.4. The van der Waals surface area contributed by atoms with Crippen molar-refractivity contribution in [1.29, 1.82) is 0 Å². The van der Waals surface area contributed by atoms with Gasteiger partial charge in [-0.05, 0) is 31.4 Å². The van der Waals surface area contributed by atoms with Gasteiger partial charge in [-0.15, -0.1) is 0 Å². The van der Waals surface area contributed by atoms with Crippen LogP contribution in [0.25, 0.3) is 0 Å². The van der Waals surface area contributed by atoms with E-state index in [2.05, 4.69) is 14.8 Å². The van der Waals surface area contributed by atoms with Crippen molar-refractivity contribution in [2.45, 2.75) is 19.4 Å². The number of piperidine rings is 1. The molecule has 1 unspecified atom stereocenters. The van der Waals surface area contributed by atoms with Crippen LogP contribution in [-0.4, -0.2) is 66.0 Å². The lowest BCUT2D eigenvalue weighted by atomic mass is 9.99. The Morgan fingerprint density at radius 3 is 2.95 bits per heavy atom. The molecule has 1 atom stereocenters. The van der Waals surface area contributed by atoms with Crippen LogP contribution < -0.4 is 4.90 Å². The first-order chi connectivity index (χ1) is 10.3. The Morgan fingerprint density at radius 1 is 1.29 bits per heavy atom. The molecule has 0 aromatic carbocycles. The van der Waals surface area contributed by atoms with E-state index in [1.54, 1.807) is 0 Å². The van der Waals surface area contributed by atoms with Crippen molar-refractivity contribution in [1.82, 2.24) is 14.9 Å². The third kappa shape index (κ3) is 3.90. The summed E-state index contributed by atoms with van der Waals surface area (Å²) in [4.78, 5) is 13.6. The summed E-state index contributed by atoms with van der Waals surface area (Å²) in [6, 6.07) is 1.99. The van der Waals surface area contributed by atoms with E-state index in [0.29, 0.717) is 12.5 Å². The second-order valence-corrected chi connectivity index (χ2v) is 5.87. The Kier molecular flexibility index (Phi) is 5.00. The van der Waals surface area contributed by atoms with Crippen molar-refractivity contribution in [2.75, 3.05) is 50.9 Å². The highest BCUT2D eigenvalue weighted by molar-refractivity contribution is 5.30. The smallest absolute Gasteiger partial charge is 0.225 e. The molecule has 0 spiro atoms. The van der Waals surface area contributed by atoms with Gasteiger partial charge >= 0.3 is 0 Å². The molecule has 3 heterocycles. The van der Waals surface area contributed by atoms with E-state index < -0.39 is 0 Å². The number of likely N-dealkylation sites (tertiary alicyclic amines) is 1. The van der Waals surface area contributed by atoms with Gasteiger partial charge in [0.1, 0.15) is 0 Å². The van der Waals surface area contributed by atoms with Crippen LogP contribution in [0, 0.1) is 5.92 Å². The van der Waals surface area contributed by atoms with E-state index in [0.717, 1.165) is 70.4 Å². The minimum atomic E-state index is 0.291. The number of aliphatic hydroxyl groups is 1. The molecule has 0 saturated carbocycles. The quantitative estimate of drug-likeness (QED) is 0.873. The van der Waals surface area contributed by atoms with Gasteiger partial charge in [0.25, 0.3) is 0 Å². The average molecular weight is 292 g/mol. The van der Waals surface area contributed by atoms with Crippen molar-refractivity contribution in [3.8, 4) is 0 Å². The lowest BCUT2D eigenvalue weighted by molar-refractivity contribution is 0.114. The first-order valence-electron chi connectivity index (χ1n) is 7.83. The maximum Gasteiger partial charge on any atom is 0.225 e. The summed E-state index contributed by atoms with van der Waals surface area (Å²) in [5.74, 6) is 1.23. The molecule has 116 valence electrons. The molecule has 0 bridgehead atoms. The molecule has 2 aliphatic rings. The summed E-state index contributed by atoms with van der Waals surface area (Å²) in [6.45, 7) is 6.41. The van der Waals surface area contributed by atoms with Gasteiger partial charge in [-0.3, -0.25) is 4.90 Å². The van der Waals surface area contributed by atoms with E-state index in [9.17, 15) is 5.11 Å². The molecule has 6 nitrogen and oxygen atoms in total. The molecule has 3 rings (SSSR count). The summed E-state index contributed by atoms with van der Waals surface area (Å²) in [5.41, 5.74) is 1.06. The fourth-order valence-electron chi connectivity index (χ4n) is 3.06. The lowest BCUT2D eigenvalue weighted by Crippen LogP contribution is -2.38.